The molecule has 0 fully saturated rings. The highest BCUT2D eigenvalue weighted by Gasteiger charge is 2.27. The Labute approximate surface area is 200 Å². The summed E-state index contributed by atoms with van der Waals surface area (Å²) in [7, 11) is 0. The number of benzene rings is 3. The van der Waals surface area contributed by atoms with E-state index in [0.29, 0.717) is 27.1 Å². The molecule has 0 saturated carbocycles. The van der Waals surface area contributed by atoms with E-state index < -0.39 is 11.5 Å². The zero-order valence-corrected chi connectivity index (χ0v) is 19.3. The van der Waals surface area contributed by atoms with E-state index >= 15 is 0 Å². The summed E-state index contributed by atoms with van der Waals surface area (Å²) in [5.74, 6) is -0.992. The molecule has 1 N–H and O–H groups in total. The van der Waals surface area contributed by atoms with Crippen LogP contribution in [0.1, 0.15) is 36.0 Å². The Morgan fingerprint density at radius 3 is 2.41 bits per heavy atom. The molecule has 5 aromatic rings. The van der Waals surface area contributed by atoms with Gasteiger partial charge in [0.1, 0.15) is 22.7 Å². The second kappa shape index (κ2) is 8.50. The SMILES string of the molecule is CC(=O)CC(c1ccc(Cl)cc1)c1c(O)c2cc3c(-c4ccccc4)coc3c(C)c2oc1=O. The second-order valence-corrected chi connectivity index (χ2v) is 8.87. The summed E-state index contributed by atoms with van der Waals surface area (Å²) < 4.78 is 11.6. The van der Waals surface area contributed by atoms with E-state index in [-0.39, 0.29) is 29.1 Å². The van der Waals surface area contributed by atoms with E-state index in [9.17, 15) is 14.7 Å². The molecule has 0 radical (unpaired) electrons. The molecule has 0 spiro atoms. The van der Waals surface area contributed by atoms with Gasteiger partial charge in [-0.25, -0.2) is 4.79 Å². The van der Waals surface area contributed by atoms with Crippen LogP contribution in [0.5, 0.6) is 5.75 Å². The summed E-state index contributed by atoms with van der Waals surface area (Å²) in [6, 6.07) is 18.4. The number of carbonyl (C=O) groups is 1. The van der Waals surface area contributed by atoms with Gasteiger partial charge < -0.3 is 13.9 Å². The van der Waals surface area contributed by atoms with Crippen molar-refractivity contribution < 1.29 is 18.7 Å². The van der Waals surface area contributed by atoms with Crippen molar-refractivity contribution in [1.29, 1.82) is 0 Å². The zero-order valence-electron chi connectivity index (χ0n) is 18.6. The van der Waals surface area contributed by atoms with Crippen LogP contribution in [0.15, 0.2) is 80.6 Å². The molecule has 5 rings (SSSR count). The predicted molar refractivity (Wildman–Crippen MR) is 133 cm³/mol. The molecular weight excluding hydrogens is 452 g/mol. The molecule has 0 aliphatic heterocycles. The predicted octanol–water partition coefficient (Wildman–Crippen LogP) is 6.98. The molecule has 5 nitrogen and oxygen atoms in total. The molecule has 0 aliphatic rings. The summed E-state index contributed by atoms with van der Waals surface area (Å²) in [6.07, 6.45) is 1.70. The summed E-state index contributed by atoms with van der Waals surface area (Å²) in [5, 5.41) is 13.1. The van der Waals surface area contributed by atoms with E-state index in [4.69, 9.17) is 20.4 Å². The number of hydrogen-bond acceptors (Lipinski definition) is 5. The quantitative estimate of drug-likeness (QED) is 0.279. The first-order valence-electron chi connectivity index (χ1n) is 10.9. The van der Waals surface area contributed by atoms with E-state index in [1.165, 1.54) is 6.92 Å². The maximum absolute atomic E-state index is 13.1. The van der Waals surface area contributed by atoms with Crippen molar-refractivity contribution in [3.63, 3.8) is 0 Å². The molecule has 0 amide bonds. The highest BCUT2D eigenvalue weighted by atomic mass is 35.5. The lowest BCUT2D eigenvalue weighted by molar-refractivity contribution is -0.117. The largest absolute Gasteiger partial charge is 0.507 e. The Bertz CT molecular complexity index is 1590. The number of Topliss-reactive ketones (excluding diaryl/α,β-unsaturated/α-hetero) is 1. The van der Waals surface area contributed by atoms with Gasteiger partial charge in [-0.2, -0.15) is 0 Å². The lowest BCUT2D eigenvalue weighted by Crippen LogP contribution is -2.16. The van der Waals surface area contributed by atoms with E-state index in [2.05, 4.69) is 0 Å². The Kier molecular flexibility index (Phi) is 5.50. The molecule has 34 heavy (non-hydrogen) atoms. The van der Waals surface area contributed by atoms with Gasteiger partial charge >= 0.3 is 5.63 Å². The third-order valence-electron chi connectivity index (χ3n) is 6.17. The van der Waals surface area contributed by atoms with Crippen LogP contribution in [0.2, 0.25) is 5.02 Å². The van der Waals surface area contributed by atoms with Crippen LogP contribution < -0.4 is 5.63 Å². The van der Waals surface area contributed by atoms with Crippen LogP contribution in [-0.2, 0) is 4.79 Å². The van der Waals surface area contributed by atoms with Crippen LogP contribution >= 0.6 is 11.6 Å². The molecule has 1 unspecified atom stereocenters. The van der Waals surface area contributed by atoms with E-state index in [1.54, 1.807) is 43.5 Å². The van der Waals surface area contributed by atoms with Crippen molar-refractivity contribution in [2.24, 2.45) is 0 Å². The average Bonchev–Trinajstić information content (AvgIpc) is 3.25. The molecule has 2 aromatic heterocycles. The fourth-order valence-electron chi connectivity index (χ4n) is 4.53. The number of furan rings is 1. The minimum atomic E-state index is -0.691. The maximum Gasteiger partial charge on any atom is 0.343 e. The fraction of sp³-hybridized carbons (Fsp3) is 0.143. The Balaban J connectivity index is 1.79. The molecule has 6 heteroatoms. The minimum Gasteiger partial charge on any atom is -0.507 e. The van der Waals surface area contributed by atoms with Crippen molar-refractivity contribution in [1.82, 2.24) is 0 Å². The van der Waals surface area contributed by atoms with Crippen molar-refractivity contribution in [2.45, 2.75) is 26.2 Å². The van der Waals surface area contributed by atoms with Crippen molar-refractivity contribution in [3.8, 4) is 16.9 Å². The van der Waals surface area contributed by atoms with Gasteiger partial charge in [0, 0.05) is 33.9 Å². The first-order chi connectivity index (χ1) is 16.3. The van der Waals surface area contributed by atoms with Crippen LogP contribution in [0.3, 0.4) is 0 Å². The van der Waals surface area contributed by atoms with Gasteiger partial charge in [-0.15, -0.1) is 0 Å². The number of carbonyl (C=O) groups excluding carboxylic acids is 1. The molecule has 170 valence electrons. The monoisotopic (exact) mass is 472 g/mol. The number of aromatic hydroxyl groups is 1. The Hall–Kier alpha value is -3.83. The first kappa shape index (κ1) is 22.0. The number of halogens is 1. The molecular formula is C28H21ClO5. The highest BCUT2D eigenvalue weighted by molar-refractivity contribution is 6.30. The summed E-state index contributed by atoms with van der Waals surface area (Å²) >= 11 is 6.03. The number of hydrogen-bond donors (Lipinski definition) is 1. The number of fused-ring (bicyclic) bond motifs is 2. The average molecular weight is 473 g/mol. The molecule has 3 aromatic carbocycles. The maximum atomic E-state index is 13.1. The molecule has 0 aliphatic carbocycles. The van der Waals surface area contributed by atoms with Crippen LogP contribution in [-0.4, -0.2) is 10.9 Å². The Morgan fingerprint density at radius 1 is 1.03 bits per heavy atom. The van der Waals surface area contributed by atoms with Gasteiger partial charge in [0.2, 0.25) is 0 Å². The van der Waals surface area contributed by atoms with Gasteiger partial charge in [-0.05, 0) is 43.2 Å². The lowest BCUT2D eigenvalue weighted by Gasteiger charge is -2.18. The topological polar surface area (TPSA) is 80.7 Å². The Morgan fingerprint density at radius 2 is 1.74 bits per heavy atom. The fourth-order valence-corrected chi connectivity index (χ4v) is 4.66. The zero-order chi connectivity index (χ0) is 24.0. The van der Waals surface area contributed by atoms with Crippen molar-refractivity contribution in [2.75, 3.05) is 0 Å². The first-order valence-corrected chi connectivity index (χ1v) is 11.2. The molecule has 2 heterocycles. The third-order valence-corrected chi connectivity index (χ3v) is 6.42. The molecule has 0 saturated heterocycles. The summed E-state index contributed by atoms with van der Waals surface area (Å²) in [5.41, 5.74) is 3.33. The van der Waals surface area contributed by atoms with Crippen molar-refractivity contribution >= 4 is 39.3 Å². The van der Waals surface area contributed by atoms with Crippen LogP contribution in [0.4, 0.5) is 0 Å². The van der Waals surface area contributed by atoms with Gasteiger partial charge in [0.05, 0.1) is 17.2 Å². The van der Waals surface area contributed by atoms with E-state index in [0.717, 1.165) is 16.5 Å². The number of rotatable bonds is 5. The standard InChI is InChI=1S/C28H21ClO5/c1-15(30)12-20(18-8-10-19(29)11-9-18)24-25(31)22-13-21-23(17-6-4-3-5-7-17)14-33-26(21)16(2)27(22)34-28(24)32/h3-11,13-14,20,31H,12H2,1-2H3. The number of aryl methyl sites for hydroxylation is 1. The summed E-state index contributed by atoms with van der Waals surface area (Å²) in [4.78, 5) is 25.2. The molecule has 1 atom stereocenters. The van der Waals surface area contributed by atoms with Gasteiger partial charge in [0.15, 0.2) is 0 Å². The van der Waals surface area contributed by atoms with Crippen LogP contribution in [0.25, 0.3) is 33.1 Å². The highest BCUT2D eigenvalue weighted by Crippen LogP contribution is 2.42. The molecule has 0 bridgehead atoms. The van der Waals surface area contributed by atoms with Crippen LogP contribution in [0, 0.1) is 6.92 Å². The minimum absolute atomic E-state index is 0.0354. The van der Waals surface area contributed by atoms with Gasteiger partial charge in [-0.3, -0.25) is 4.79 Å². The van der Waals surface area contributed by atoms with Gasteiger partial charge in [-0.1, -0.05) is 54.1 Å². The second-order valence-electron chi connectivity index (χ2n) is 8.43. The smallest absolute Gasteiger partial charge is 0.343 e. The number of ketones is 1. The normalized spacial score (nSPS) is 12.3. The van der Waals surface area contributed by atoms with E-state index in [1.807, 2.05) is 30.3 Å². The third kappa shape index (κ3) is 3.68. The lowest BCUT2D eigenvalue weighted by atomic mass is 9.86. The van der Waals surface area contributed by atoms with Crippen molar-refractivity contribution in [3.05, 3.63) is 99.1 Å². The van der Waals surface area contributed by atoms with Gasteiger partial charge in [0.25, 0.3) is 0 Å². The summed E-state index contributed by atoms with van der Waals surface area (Å²) in [6.45, 7) is 3.24.